The predicted octanol–water partition coefficient (Wildman–Crippen LogP) is 2.37. The average molecular weight is 270 g/mol. The van der Waals surface area contributed by atoms with Gasteiger partial charge in [0.15, 0.2) is 0 Å². The first-order chi connectivity index (χ1) is 8.61. The van der Waals surface area contributed by atoms with Crippen LogP contribution in [0.5, 0.6) is 0 Å². The molecule has 2 amide bonds. The molecule has 2 N–H and O–H groups in total. The van der Waals surface area contributed by atoms with Gasteiger partial charge in [0.1, 0.15) is 5.60 Å². The van der Waals surface area contributed by atoms with Crippen molar-refractivity contribution in [1.29, 1.82) is 0 Å². The van der Waals surface area contributed by atoms with Gasteiger partial charge in [-0.1, -0.05) is 6.08 Å². The molecule has 0 rings (SSSR count). The molecule has 0 unspecified atom stereocenters. The lowest BCUT2D eigenvalue weighted by molar-refractivity contribution is -0.117. The fourth-order valence-electron chi connectivity index (χ4n) is 1.25. The quantitative estimate of drug-likeness (QED) is 0.595. The van der Waals surface area contributed by atoms with Crippen molar-refractivity contribution >= 4 is 12.0 Å². The minimum absolute atomic E-state index is 0.0766. The maximum absolute atomic E-state index is 11.6. The molecule has 0 aliphatic rings. The molecule has 0 spiro atoms. The lowest BCUT2D eigenvalue weighted by atomic mass is 10.2. The highest BCUT2D eigenvalue weighted by molar-refractivity contribution is 5.92. The fourth-order valence-corrected chi connectivity index (χ4v) is 1.25. The molecule has 0 heterocycles. The van der Waals surface area contributed by atoms with Gasteiger partial charge >= 0.3 is 6.09 Å². The van der Waals surface area contributed by atoms with Gasteiger partial charge in [-0.05, 0) is 48.0 Å². The Labute approximate surface area is 115 Å². The molecule has 0 aromatic heterocycles. The van der Waals surface area contributed by atoms with Crippen molar-refractivity contribution in [3.8, 4) is 0 Å². The third-order valence-electron chi connectivity index (χ3n) is 2.04. The molecule has 0 aromatic rings. The van der Waals surface area contributed by atoms with Gasteiger partial charge in [0.2, 0.25) is 5.91 Å². The van der Waals surface area contributed by atoms with E-state index in [9.17, 15) is 9.59 Å². The predicted molar refractivity (Wildman–Crippen MR) is 75.9 cm³/mol. The first-order valence-corrected chi connectivity index (χ1v) is 6.56. The van der Waals surface area contributed by atoms with Crippen LogP contribution in [0.3, 0.4) is 0 Å². The molecule has 0 aliphatic carbocycles. The highest BCUT2D eigenvalue weighted by atomic mass is 16.6. The van der Waals surface area contributed by atoms with Gasteiger partial charge < -0.3 is 15.4 Å². The van der Waals surface area contributed by atoms with Gasteiger partial charge in [0, 0.05) is 18.2 Å². The molecule has 0 saturated heterocycles. The van der Waals surface area contributed by atoms with Crippen molar-refractivity contribution in [3.05, 3.63) is 11.6 Å². The zero-order valence-electron chi connectivity index (χ0n) is 12.8. The molecule has 0 aliphatic heterocycles. The number of ether oxygens (including phenoxy) is 1. The summed E-state index contributed by atoms with van der Waals surface area (Å²) in [6, 6.07) is 0.121. The Morgan fingerprint density at radius 3 is 2.32 bits per heavy atom. The normalized spacial score (nSPS) is 12.3. The number of carbonyl (C=O) groups excluding carboxylic acids is 2. The second kappa shape index (κ2) is 7.81. The van der Waals surface area contributed by atoms with E-state index in [0.29, 0.717) is 18.5 Å². The molecule has 0 saturated carbocycles. The van der Waals surface area contributed by atoms with E-state index in [1.807, 2.05) is 34.6 Å². The summed E-state index contributed by atoms with van der Waals surface area (Å²) in [4.78, 5) is 22.9. The molecule has 0 bridgehead atoms. The van der Waals surface area contributed by atoms with E-state index in [1.165, 1.54) is 0 Å². The van der Waals surface area contributed by atoms with Crippen LogP contribution in [0.4, 0.5) is 4.79 Å². The summed E-state index contributed by atoms with van der Waals surface area (Å²) in [5.74, 6) is -0.0766. The largest absolute Gasteiger partial charge is 0.444 e. The summed E-state index contributed by atoms with van der Waals surface area (Å²) < 4.78 is 5.09. The third-order valence-corrected chi connectivity index (χ3v) is 2.04. The van der Waals surface area contributed by atoms with Crippen LogP contribution < -0.4 is 10.6 Å². The smallest absolute Gasteiger partial charge is 0.407 e. The zero-order valence-corrected chi connectivity index (χ0v) is 12.8. The molecule has 5 heteroatoms. The van der Waals surface area contributed by atoms with E-state index in [-0.39, 0.29) is 11.9 Å². The van der Waals surface area contributed by atoms with Crippen LogP contribution in [-0.2, 0) is 9.53 Å². The van der Waals surface area contributed by atoms with Gasteiger partial charge in [-0.2, -0.15) is 0 Å². The van der Waals surface area contributed by atoms with Crippen LogP contribution >= 0.6 is 0 Å². The first-order valence-electron chi connectivity index (χ1n) is 6.56. The summed E-state index contributed by atoms with van der Waals surface area (Å²) in [6.07, 6.45) is 1.95. The molecule has 0 atom stereocenters. The summed E-state index contributed by atoms with van der Waals surface area (Å²) in [7, 11) is 0. The highest BCUT2D eigenvalue weighted by Crippen LogP contribution is 2.06. The van der Waals surface area contributed by atoms with Crippen molar-refractivity contribution in [3.63, 3.8) is 0 Å². The minimum atomic E-state index is -0.493. The monoisotopic (exact) mass is 270 g/mol. The molecule has 0 aromatic carbocycles. The molecule has 0 radical (unpaired) electrons. The number of hydrogen-bond acceptors (Lipinski definition) is 3. The van der Waals surface area contributed by atoms with E-state index in [2.05, 4.69) is 10.6 Å². The van der Waals surface area contributed by atoms with E-state index in [4.69, 9.17) is 4.74 Å². The maximum Gasteiger partial charge on any atom is 0.407 e. The van der Waals surface area contributed by atoms with Gasteiger partial charge in [-0.3, -0.25) is 4.79 Å². The van der Waals surface area contributed by atoms with Crippen LogP contribution in [0.1, 0.15) is 48.0 Å². The molecule has 0 fully saturated rings. The molecule has 5 nitrogen and oxygen atoms in total. The number of rotatable bonds is 5. The first kappa shape index (κ1) is 17.5. The summed E-state index contributed by atoms with van der Waals surface area (Å²) in [5, 5.41) is 5.44. The number of alkyl carbamates (subject to hydrolysis) is 1. The van der Waals surface area contributed by atoms with Gasteiger partial charge in [-0.25, -0.2) is 4.79 Å². The van der Waals surface area contributed by atoms with Crippen molar-refractivity contribution in [2.45, 2.75) is 59.6 Å². The minimum Gasteiger partial charge on any atom is -0.444 e. The van der Waals surface area contributed by atoms with Crippen molar-refractivity contribution in [2.24, 2.45) is 0 Å². The molecule has 19 heavy (non-hydrogen) atoms. The lowest BCUT2D eigenvalue weighted by Gasteiger charge is -2.19. The van der Waals surface area contributed by atoms with Crippen molar-refractivity contribution in [1.82, 2.24) is 10.6 Å². The van der Waals surface area contributed by atoms with Crippen LogP contribution in [0.2, 0.25) is 0 Å². The summed E-state index contributed by atoms with van der Waals surface area (Å²) in [6.45, 7) is 11.5. The Hall–Kier alpha value is -1.52. The molecule has 110 valence electrons. The van der Waals surface area contributed by atoms with Crippen molar-refractivity contribution < 1.29 is 14.3 Å². The fraction of sp³-hybridized carbons (Fsp3) is 0.714. The lowest BCUT2D eigenvalue weighted by Crippen LogP contribution is -2.33. The maximum atomic E-state index is 11.6. The number of hydrogen-bond donors (Lipinski definition) is 2. The Kier molecular flexibility index (Phi) is 7.19. The number of nitrogens with one attached hydrogen (secondary N) is 2. The Balaban J connectivity index is 3.96. The Bertz CT molecular complexity index is 341. The Morgan fingerprint density at radius 2 is 1.84 bits per heavy atom. The van der Waals surface area contributed by atoms with Gasteiger partial charge in [0.05, 0.1) is 0 Å². The SMILES string of the molecule is C/C(=C\CCNC(=O)OC(C)(C)C)C(=O)NC(C)C. The molecular weight excluding hydrogens is 244 g/mol. The standard InChI is InChI=1S/C14H26N2O3/c1-10(2)16-12(17)11(3)8-7-9-15-13(18)19-14(4,5)6/h8,10H,7,9H2,1-6H3,(H,15,18)(H,16,17)/b11-8+. The van der Waals surface area contributed by atoms with Crippen LogP contribution in [0.25, 0.3) is 0 Å². The van der Waals surface area contributed by atoms with E-state index in [0.717, 1.165) is 0 Å². The van der Waals surface area contributed by atoms with Crippen LogP contribution in [0.15, 0.2) is 11.6 Å². The topological polar surface area (TPSA) is 67.4 Å². The van der Waals surface area contributed by atoms with Crippen LogP contribution in [-0.4, -0.2) is 30.2 Å². The highest BCUT2D eigenvalue weighted by Gasteiger charge is 2.15. The average Bonchev–Trinajstić information content (AvgIpc) is 2.20. The Morgan fingerprint density at radius 1 is 1.26 bits per heavy atom. The second-order valence-corrected chi connectivity index (χ2v) is 5.73. The van der Waals surface area contributed by atoms with E-state index < -0.39 is 11.7 Å². The molecular formula is C14H26N2O3. The summed E-state index contributed by atoms with van der Waals surface area (Å²) >= 11 is 0. The summed E-state index contributed by atoms with van der Waals surface area (Å²) in [5.41, 5.74) is 0.159. The van der Waals surface area contributed by atoms with E-state index >= 15 is 0 Å². The second-order valence-electron chi connectivity index (χ2n) is 5.73. The van der Waals surface area contributed by atoms with Gasteiger partial charge in [-0.15, -0.1) is 0 Å². The van der Waals surface area contributed by atoms with Gasteiger partial charge in [0.25, 0.3) is 0 Å². The number of amides is 2. The third kappa shape index (κ3) is 10.1. The van der Waals surface area contributed by atoms with E-state index in [1.54, 1.807) is 13.0 Å². The zero-order chi connectivity index (χ0) is 15.1. The number of carbonyl (C=O) groups is 2. The van der Waals surface area contributed by atoms with Crippen molar-refractivity contribution in [2.75, 3.05) is 6.54 Å². The van der Waals surface area contributed by atoms with Crippen LogP contribution in [0, 0.1) is 0 Å².